The highest BCUT2D eigenvalue weighted by Crippen LogP contribution is 2.21. The Bertz CT molecular complexity index is 606. The molecular formula is C15H21ClN2O3S. The van der Waals surface area contributed by atoms with E-state index >= 15 is 0 Å². The van der Waals surface area contributed by atoms with Crippen molar-refractivity contribution in [2.75, 3.05) is 18.4 Å². The molecule has 7 heteroatoms. The van der Waals surface area contributed by atoms with Gasteiger partial charge in [0.05, 0.1) is 4.90 Å². The summed E-state index contributed by atoms with van der Waals surface area (Å²) in [5.41, 5.74) is 0.535. The van der Waals surface area contributed by atoms with Crippen LogP contribution in [0.25, 0.3) is 0 Å². The Labute approximate surface area is 136 Å². The summed E-state index contributed by atoms with van der Waals surface area (Å²) in [4.78, 5) is 11.8. The van der Waals surface area contributed by atoms with Crippen molar-refractivity contribution in [2.24, 2.45) is 0 Å². The molecule has 0 bridgehead atoms. The first-order valence-electron chi connectivity index (χ1n) is 7.46. The predicted octanol–water partition coefficient (Wildman–Crippen LogP) is 2.82. The van der Waals surface area contributed by atoms with E-state index in [2.05, 4.69) is 5.32 Å². The van der Waals surface area contributed by atoms with Crippen LogP contribution in [0.2, 0.25) is 0 Å². The second-order valence-electron chi connectivity index (χ2n) is 5.45. The number of carbonyl (C=O) groups is 1. The Morgan fingerprint density at radius 1 is 1.14 bits per heavy atom. The number of nitrogens with one attached hydrogen (secondary N) is 1. The number of benzene rings is 1. The van der Waals surface area contributed by atoms with E-state index in [1.807, 2.05) is 0 Å². The maximum atomic E-state index is 12.6. The number of anilines is 1. The molecule has 0 unspecified atom stereocenters. The molecule has 0 spiro atoms. The molecule has 1 aliphatic heterocycles. The van der Waals surface area contributed by atoms with E-state index in [-0.39, 0.29) is 10.8 Å². The Hall–Kier alpha value is -1.11. The normalized spacial score (nSPS) is 18.5. The zero-order chi connectivity index (χ0) is 16.2. The molecular weight excluding hydrogens is 324 g/mol. The van der Waals surface area contributed by atoms with Gasteiger partial charge in [-0.1, -0.05) is 12.8 Å². The SMILES string of the molecule is C[C@@H](Cl)C(=O)Nc1ccc(S(=O)(=O)N2CCCCCC2)cc1. The van der Waals surface area contributed by atoms with Crippen molar-refractivity contribution in [2.45, 2.75) is 42.9 Å². The quantitative estimate of drug-likeness (QED) is 0.854. The summed E-state index contributed by atoms with van der Waals surface area (Å²) in [6, 6.07) is 6.22. The van der Waals surface area contributed by atoms with Crippen LogP contribution in [0.3, 0.4) is 0 Å². The van der Waals surface area contributed by atoms with Crippen LogP contribution in [-0.2, 0) is 14.8 Å². The van der Waals surface area contributed by atoms with Gasteiger partial charge < -0.3 is 5.32 Å². The highest BCUT2D eigenvalue weighted by molar-refractivity contribution is 7.89. The van der Waals surface area contributed by atoms with Crippen LogP contribution in [0.4, 0.5) is 5.69 Å². The first-order chi connectivity index (χ1) is 10.4. The van der Waals surface area contributed by atoms with Gasteiger partial charge in [0.1, 0.15) is 5.38 Å². The maximum Gasteiger partial charge on any atom is 0.243 e. The van der Waals surface area contributed by atoms with Crippen molar-refractivity contribution < 1.29 is 13.2 Å². The van der Waals surface area contributed by atoms with Crippen LogP contribution >= 0.6 is 11.6 Å². The summed E-state index contributed by atoms with van der Waals surface area (Å²) in [6.07, 6.45) is 3.96. The van der Waals surface area contributed by atoms with Crippen molar-refractivity contribution in [1.82, 2.24) is 4.31 Å². The molecule has 22 heavy (non-hydrogen) atoms. The van der Waals surface area contributed by atoms with Gasteiger partial charge in [-0.05, 0) is 44.0 Å². The number of nitrogens with zero attached hydrogens (tertiary/aromatic N) is 1. The smallest absolute Gasteiger partial charge is 0.243 e. The Morgan fingerprint density at radius 2 is 1.68 bits per heavy atom. The number of sulfonamides is 1. The van der Waals surface area contributed by atoms with E-state index in [9.17, 15) is 13.2 Å². The zero-order valence-electron chi connectivity index (χ0n) is 12.6. The molecule has 0 radical (unpaired) electrons. The number of alkyl halides is 1. The van der Waals surface area contributed by atoms with Crippen LogP contribution in [0, 0.1) is 0 Å². The van der Waals surface area contributed by atoms with E-state index in [0.29, 0.717) is 18.8 Å². The largest absolute Gasteiger partial charge is 0.325 e. The average Bonchev–Trinajstić information content (AvgIpc) is 2.77. The van der Waals surface area contributed by atoms with Crippen LogP contribution in [0.1, 0.15) is 32.6 Å². The molecule has 1 N–H and O–H groups in total. The van der Waals surface area contributed by atoms with Crippen molar-refractivity contribution in [1.29, 1.82) is 0 Å². The average molecular weight is 345 g/mol. The van der Waals surface area contributed by atoms with Crippen molar-refractivity contribution in [3.05, 3.63) is 24.3 Å². The summed E-state index contributed by atoms with van der Waals surface area (Å²) in [7, 11) is -3.45. The van der Waals surface area contributed by atoms with Gasteiger partial charge in [0.25, 0.3) is 0 Å². The molecule has 2 rings (SSSR count). The second kappa shape index (κ2) is 7.44. The first kappa shape index (κ1) is 17.2. The summed E-state index contributed by atoms with van der Waals surface area (Å²) in [6.45, 7) is 2.73. The number of hydrogen-bond acceptors (Lipinski definition) is 3. The highest BCUT2D eigenvalue weighted by Gasteiger charge is 2.25. The van der Waals surface area contributed by atoms with Gasteiger partial charge in [0.2, 0.25) is 15.9 Å². The number of halogens is 1. The van der Waals surface area contributed by atoms with Gasteiger partial charge in [-0.2, -0.15) is 4.31 Å². The van der Waals surface area contributed by atoms with Crippen LogP contribution in [-0.4, -0.2) is 37.1 Å². The molecule has 1 saturated heterocycles. The highest BCUT2D eigenvalue weighted by atomic mass is 35.5. The van der Waals surface area contributed by atoms with E-state index in [4.69, 9.17) is 11.6 Å². The van der Waals surface area contributed by atoms with Gasteiger partial charge in [0, 0.05) is 18.8 Å². The van der Waals surface area contributed by atoms with E-state index < -0.39 is 15.4 Å². The molecule has 122 valence electrons. The second-order valence-corrected chi connectivity index (χ2v) is 8.04. The van der Waals surface area contributed by atoms with Gasteiger partial charge in [-0.15, -0.1) is 11.6 Å². The summed E-state index contributed by atoms with van der Waals surface area (Å²) < 4.78 is 26.7. The van der Waals surface area contributed by atoms with Crippen LogP contribution in [0.5, 0.6) is 0 Å². The molecule has 0 aromatic heterocycles. The zero-order valence-corrected chi connectivity index (χ0v) is 14.2. The predicted molar refractivity (Wildman–Crippen MR) is 87.6 cm³/mol. The van der Waals surface area contributed by atoms with Crippen molar-refractivity contribution in [3.63, 3.8) is 0 Å². The summed E-state index contributed by atoms with van der Waals surface area (Å²) in [5.74, 6) is -0.315. The fourth-order valence-electron chi connectivity index (χ4n) is 2.38. The molecule has 1 atom stereocenters. The fourth-order valence-corrected chi connectivity index (χ4v) is 3.95. The molecule has 1 aromatic carbocycles. The molecule has 1 fully saturated rings. The monoisotopic (exact) mass is 344 g/mol. The minimum atomic E-state index is -3.45. The maximum absolute atomic E-state index is 12.6. The van der Waals surface area contributed by atoms with Crippen molar-refractivity contribution >= 4 is 33.2 Å². The van der Waals surface area contributed by atoms with Crippen LogP contribution < -0.4 is 5.32 Å². The summed E-state index contributed by atoms with van der Waals surface area (Å²) in [5, 5.41) is 1.99. The number of carbonyl (C=O) groups excluding carboxylic acids is 1. The lowest BCUT2D eigenvalue weighted by Crippen LogP contribution is -2.31. The Balaban J connectivity index is 2.13. The van der Waals surface area contributed by atoms with E-state index in [0.717, 1.165) is 25.7 Å². The number of hydrogen-bond donors (Lipinski definition) is 1. The van der Waals surface area contributed by atoms with E-state index in [1.165, 1.54) is 12.1 Å². The standard InChI is InChI=1S/C15H21ClN2O3S/c1-12(16)15(19)17-13-6-8-14(9-7-13)22(20,21)18-10-4-2-3-5-11-18/h6-9,12H,2-5,10-11H2,1H3,(H,17,19)/t12-/m1/s1. The number of rotatable bonds is 4. The lowest BCUT2D eigenvalue weighted by molar-refractivity contribution is -0.115. The minimum absolute atomic E-state index is 0.256. The molecule has 0 aliphatic carbocycles. The van der Waals surface area contributed by atoms with Gasteiger partial charge in [0.15, 0.2) is 0 Å². The Kier molecular flexibility index (Phi) is 5.83. The van der Waals surface area contributed by atoms with Crippen LogP contribution in [0.15, 0.2) is 29.2 Å². The first-order valence-corrected chi connectivity index (χ1v) is 9.34. The third-order valence-corrected chi connectivity index (χ3v) is 5.80. The lowest BCUT2D eigenvalue weighted by Gasteiger charge is -2.20. The van der Waals surface area contributed by atoms with Gasteiger partial charge in [-0.25, -0.2) is 8.42 Å². The van der Waals surface area contributed by atoms with E-state index in [1.54, 1.807) is 23.4 Å². The lowest BCUT2D eigenvalue weighted by atomic mass is 10.2. The Morgan fingerprint density at radius 3 is 2.18 bits per heavy atom. The molecule has 1 heterocycles. The van der Waals surface area contributed by atoms with Crippen molar-refractivity contribution in [3.8, 4) is 0 Å². The third-order valence-electron chi connectivity index (χ3n) is 3.69. The molecule has 1 aliphatic rings. The third kappa shape index (κ3) is 4.21. The van der Waals surface area contributed by atoms with Gasteiger partial charge in [-0.3, -0.25) is 4.79 Å². The van der Waals surface area contributed by atoms with Gasteiger partial charge >= 0.3 is 0 Å². The topological polar surface area (TPSA) is 66.5 Å². The molecule has 1 aromatic rings. The number of amides is 1. The molecule has 1 amide bonds. The summed E-state index contributed by atoms with van der Waals surface area (Å²) >= 11 is 5.68. The fraction of sp³-hybridized carbons (Fsp3) is 0.533. The molecule has 0 saturated carbocycles. The minimum Gasteiger partial charge on any atom is -0.325 e. The molecule has 5 nitrogen and oxygen atoms in total.